The van der Waals surface area contributed by atoms with E-state index in [1.165, 1.54) is 6.92 Å². The number of thiophene rings is 1. The number of nitrogens with one attached hydrogen (secondary N) is 1. The maximum atomic E-state index is 13.3. The van der Waals surface area contributed by atoms with Crippen LogP contribution in [0.5, 0.6) is 5.75 Å². The Labute approximate surface area is 194 Å². The highest BCUT2D eigenvalue weighted by Gasteiger charge is 2.36. The summed E-state index contributed by atoms with van der Waals surface area (Å²) in [7, 11) is 0. The highest BCUT2D eigenvalue weighted by atomic mass is 32.1. The summed E-state index contributed by atoms with van der Waals surface area (Å²) in [6, 6.07) is 10.8. The Morgan fingerprint density at radius 3 is 2.65 bits per heavy atom. The molecule has 0 saturated carbocycles. The highest BCUT2D eigenvalue weighted by Crippen LogP contribution is 2.42. The number of fused-ring (bicyclic) bond motifs is 3. The van der Waals surface area contributed by atoms with Crippen molar-refractivity contribution in [2.24, 2.45) is 0 Å². The van der Waals surface area contributed by atoms with Crippen LogP contribution in [0.15, 0.2) is 48.5 Å². The third-order valence-electron chi connectivity index (χ3n) is 4.96. The van der Waals surface area contributed by atoms with Gasteiger partial charge >= 0.3 is 12.1 Å². The van der Waals surface area contributed by atoms with Gasteiger partial charge in [-0.3, -0.25) is 14.9 Å². The van der Waals surface area contributed by atoms with Crippen molar-refractivity contribution in [3.05, 3.63) is 74.6 Å². The first-order valence-electron chi connectivity index (χ1n) is 9.77. The van der Waals surface area contributed by atoms with Gasteiger partial charge in [0.15, 0.2) is 6.10 Å². The van der Waals surface area contributed by atoms with E-state index in [1.807, 2.05) is 23.5 Å². The van der Waals surface area contributed by atoms with E-state index in [1.54, 1.807) is 12.1 Å². The van der Waals surface area contributed by atoms with Crippen molar-refractivity contribution in [2.45, 2.75) is 25.8 Å². The van der Waals surface area contributed by atoms with Crippen molar-refractivity contribution in [2.75, 3.05) is 5.32 Å². The molecule has 176 valence electrons. The second kappa shape index (κ2) is 8.78. The third kappa shape index (κ3) is 4.57. The minimum absolute atomic E-state index is 0.205. The molecule has 0 saturated heterocycles. The molecule has 12 heteroatoms. The third-order valence-corrected chi connectivity index (χ3v) is 6.15. The maximum Gasteiger partial charge on any atom is 0.418 e. The Kier molecular flexibility index (Phi) is 6.00. The SMILES string of the molecule is CC(OC(=O)c1cc2c(s1)-c1ccccc1OC2)C(=O)Nc1ccc([N+](=O)[O-])cc1C(F)(F)F. The zero-order chi connectivity index (χ0) is 24.6. The van der Waals surface area contributed by atoms with Crippen molar-refractivity contribution in [1.82, 2.24) is 0 Å². The summed E-state index contributed by atoms with van der Waals surface area (Å²) in [5.74, 6) is -1.17. The van der Waals surface area contributed by atoms with E-state index in [4.69, 9.17) is 9.47 Å². The number of anilines is 1. The quantitative estimate of drug-likeness (QED) is 0.290. The van der Waals surface area contributed by atoms with Crippen LogP contribution in [-0.2, 0) is 22.3 Å². The molecule has 1 aliphatic heterocycles. The molecule has 1 atom stereocenters. The van der Waals surface area contributed by atoms with Crippen molar-refractivity contribution >= 4 is 34.6 Å². The molecular weight excluding hydrogens is 477 g/mol. The first-order valence-corrected chi connectivity index (χ1v) is 10.6. The molecule has 1 aliphatic rings. The zero-order valence-electron chi connectivity index (χ0n) is 17.3. The second-order valence-electron chi connectivity index (χ2n) is 7.27. The summed E-state index contributed by atoms with van der Waals surface area (Å²) in [6.45, 7) is 1.46. The van der Waals surface area contributed by atoms with Crippen LogP contribution in [0.4, 0.5) is 24.5 Å². The number of halogens is 3. The summed E-state index contributed by atoms with van der Waals surface area (Å²) >= 11 is 1.16. The van der Waals surface area contributed by atoms with Crippen LogP contribution < -0.4 is 10.1 Å². The van der Waals surface area contributed by atoms with Gasteiger partial charge in [0, 0.05) is 28.1 Å². The molecule has 1 N–H and O–H groups in total. The van der Waals surface area contributed by atoms with Gasteiger partial charge in [0.25, 0.3) is 11.6 Å². The number of hydrogen-bond donors (Lipinski definition) is 1. The Hall–Kier alpha value is -3.93. The van der Waals surface area contributed by atoms with Crippen LogP contribution in [0, 0.1) is 10.1 Å². The van der Waals surface area contributed by atoms with Crippen LogP contribution in [0.25, 0.3) is 10.4 Å². The smallest absolute Gasteiger partial charge is 0.418 e. The zero-order valence-corrected chi connectivity index (χ0v) is 18.2. The van der Waals surface area contributed by atoms with E-state index in [9.17, 15) is 32.9 Å². The summed E-state index contributed by atoms with van der Waals surface area (Å²) in [5.41, 5.74) is -1.27. The van der Waals surface area contributed by atoms with Crippen molar-refractivity contribution in [3.63, 3.8) is 0 Å². The molecule has 34 heavy (non-hydrogen) atoms. The second-order valence-corrected chi connectivity index (χ2v) is 8.32. The molecular formula is C22H15F3N2O6S. The molecule has 1 aromatic heterocycles. The van der Waals surface area contributed by atoms with Crippen LogP contribution in [0.3, 0.4) is 0 Å². The number of para-hydroxylation sites is 1. The number of alkyl halides is 3. The number of carbonyl (C=O) groups is 2. The van der Waals surface area contributed by atoms with Crippen molar-refractivity contribution < 1.29 is 37.2 Å². The molecule has 8 nitrogen and oxygen atoms in total. The molecule has 0 spiro atoms. The lowest BCUT2D eigenvalue weighted by molar-refractivity contribution is -0.385. The number of non-ortho nitro benzene ring substituents is 1. The fourth-order valence-corrected chi connectivity index (χ4v) is 4.38. The lowest BCUT2D eigenvalue weighted by Gasteiger charge is -2.16. The van der Waals surface area contributed by atoms with E-state index < -0.39 is 46.0 Å². The van der Waals surface area contributed by atoms with E-state index in [0.717, 1.165) is 39.5 Å². The first-order chi connectivity index (χ1) is 16.0. The summed E-state index contributed by atoms with van der Waals surface area (Å²) in [6.07, 6.45) is -6.39. The Morgan fingerprint density at radius 1 is 1.21 bits per heavy atom. The predicted octanol–water partition coefficient (Wildman–Crippen LogP) is 5.42. The normalized spacial score (nSPS) is 13.2. The molecule has 0 fully saturated rings. The molecule has 4 rings (SSSR count). The van der Waals surface area contributed by atoms with Gasteiger partial charge in [-0.05, 0) is 31.2 Å². The van der Waals surface area contributed by atoms with Gasteiger partial charge in [0.05, 0.1) is 16.2 Å². The number of nitro benzene ring substituents is 1. The summed E-state index contributed by atoms with van der Waals surface area (Å²) in [5, 5.41) is 12.8. The molecule has 0 bridgehead atoms. The van der Waals surface area contributed by atoms with Crippen LogP contribution in [0.2, 0.25) is 0 Å². The number of nitrogens with zero attached hydrogens (tertiary/aromatic N) is 1. The standard InChI is InChI=1S/C22H15F3N2O6S/c1-11(20(28)26-16-7-6-13(27(30)31)9-15(16)22(23,24)25)33-21(29)18-8-12-10-32-17-5-3-2-4-14(17)19(12)34-18/h2-9,11H,10H2,1H3,(H,26,28). The number of carbonyl (C=O) groups excluding carboxylic acids is 2. The van der Waals surface area contributed by atoms with E-state index in [2.05, 4.69) is 0 Å². The first kappa shape index (κ1) is 23.2. The number of nitro groups is 1. The Bertz CT molecular complexity index is 1300. The van der Waals surface area contributed by atoms with Crippen LogP contribution >= 0.6 is 11.3 Å². The summed E-state index contributed by atoms with van der Waals surface area (Å²) < 4.78 is 50.8. The fourth-order valence-electron chi connectivity index (χ4n) is 3.30. The van der Waals surface area contributed by atoms with Crippen LogP contribution in [-0.4, -0.2) is 22.9 Å². The Balaban J connectivity index is 1.49. The molecule has 0 aliphatic carbocycles. The molecule has 2 heterocycles. The summed E-state index contributed by atoms with van der Waals surface area (Å²) in [4.78, 5) is 35.9. The molecule has 2 aromatic carbocycles. The molecule has 1 amide bonds. The number of amides is 1. The number of esters is 1. The molecule has 3 aromatic rings. The number of ether oxygens (including phenoxy) is 2. The minimum Gasteiger partial charge on any atom is -0.488 e. The monoisotopic (exact) mass is 492 g/mol. The van der Waals surface area contributed by atoms with Gasteiger partial charge < -0.3 is 14.8 Å². The van der Waals surface area contributed by atoms with Crippen LogP contribution in [0.1, 0.15) is 27.7 Å². The van der Waals surface area contributed by atoms with Crippen molar-refractivity contribution in [3.8, 4) is 16.2 Å². The van der Waals surface area contributed by atoms with Gasteiger partial charge in [-0.25, -0.2) is 4.79 Å². The lowest BCUT2D eigenvalue weighted by atomic mass is 10.1. The highest BCUT2D eigenvalue weighted by molar-refractivity contribution is 7.17. The lowest BCUT2D eigenvalue weighted by Crippen LogP contribution is -2.30. The van der Waals surface area contributed by atoms with E-state index >= 15 is 0 Å². The molecule has 0 radical (unpaired) electrons. The predicted molar refractivity (Wildman–Crippen MR) is 116 cm³/mol. The number of rotatable bonds is 5. The number of hydrogen-bond acceptors (Lipinski definition) is 7. The maximum absolute atomic E-state index is 13.3. The van der Waals surface area contributed by atoms with Gasteiger partial charge in [0.2, 0.25) is 0 Å². The fraction of sp³-hybridized carbons (Fsp3) is 0.182. The minimum atomic E-state index is -4.96. The van der Waals surface area contributed by atoms with E-state index in [0.29, 0.717) is 11.8 Å². The van der Waals surface area contributed by atoms with Gasteiger partial charge in [-0.1, -0.05) is 12.1 Å². The average Bonchev–Trinajstić information content (AvgIpc) is 3.23. The van der Waals surface area contributed by atoms with E-state index in [-0.39, 0.29) is 11.5 Å². The van der Waals surface area contributed by atoms with Gasteiger partial charge in [0.1, 0.15) is 17.2 Å². The molecule has 1 unspecified atom stereocenters. The Morgan fingerprint density at radius 2 is 1.94 bits per heavy atom. The van der Waals surface area contributed by atoms with Crippen molar-refractivity contribution in [1.29, 1.82) is 0 Å². The largest absolute Gasteiger partial charge is 0.488 e. The number of benzene rings is 2. The van der Waals surface area contributed by atoms with Gasteiger partial charge in [-0.15, -0.1) is 11.3 Å². The average molecular weight is 492 g/mol. The van der Waals surface area contributed by atoms with Gasteiger partial charge in [-0.2, -0.15) is 13.2 Å². The topological polar surface area (TPSA) is 108 Å².